The van der Waals surface area contributed by atoms with Gasteiger partial charge in [0.15, 0.2) is 0 Å². The third-order valence-corrected chi connectivity index (χ3v) is 4.31. The SMILES string of the molecule is CCOCCOC1CCN(C(=O)C2COCC2NC)CC1. The highest BCUT2D eigenvalue weighted by molar-refractivity contribution is 5.80. The van der Waals surface area contributed by atoms with E-state index in [0.29, 0.717) is 26.4 Å². The molecule has 2 saturated heterocycles. The van der Waals surface area contributed by atoms with Gasteiger partial charge in [0.1, 0.15) is 0 Å². The molecule has 6 nitrogen and oxygen atoms in total. The topological polar surface area (TPSA) is 60.0 Å². The Morgan fingerprint density at radius 1 is 1.29 bits per heavy atom. The van der Waals surface area contributed by atoms with E-state index in [1.165, 1.54) is 0 Å². The molecule has 0 aromatic carbocycles. The van der Waals surface area contributed by atoms with Gasteiger partial charge in [0.05, 0.1) is 38.4 Å². The van der Waals surface area contributed by atoms with Gasteiger partial charge >= 0.3 is 0 Å². The summed E-state index contributed by atoms with van der Waals surface area (Å²) in [6.45, 7) is 6.74. The second-order valence-electron chi connectivity index (χ2n) is 5.63. The summed E-state index contributed by atoms with van der Waals surface area (Å²) in [4.78, 5) is 14.5. The Bertz CT molecular complexity index is 319. The summed E-state index contributed by atoms with van der Waals surface area (Å²) in [5, 5.41) is 3.17. The summed E-state index contributed by atoms with van der Waals surface area (Å²) in [5.74, 6) is 0.185. The molecule has 0 aliphatic carbocycles. The first-order valence-corrected chi connectivity index (χ1v) is 7.99. The van der Waals surface area contributed by atoms with Crippen molar-refractivity contribution < 1.29 is 19.0 Å². The monoisotopic (exact) mass is 300 g/mol. The molecule has 2 aliphatic rings. The number of nitrogens with zero attached hydrogens (tertiary/aromatic N) is 1. The van der Waals surface area contributed by atoms with E-state index in [0.717, 1.165) is 32.5 Å². The zero-order chi connectivity index (χ0) is 15.1. The van der Waals surface area contributed by atoms with E-state index in [1.54, 1.807) is 0 Å². The first kappa shape index (κ1) is 16.7. The summed E-state index contributed by atoms with van der Waals surface area (Å²) in [6.07, 6.45) is 2.08. The summed E-state index contributed by atoms with van der Waals surface area (Å²) < 4.78 is 16.5. The summed E-state index contributed by atoms with van der Waals surface area (Å²) in [5.41, 5.74) is 0. The van der Waals surface area contributed by atoms with Crippen molar-refractivity contribution in [2.24, 2.45) is 5.92 Å². The van der Waals surface area contributed by atoms with Gasteiger partial charge in [-0.3, -0.25) is 4.79 Å². The molecule has 0 spiro atoms. The Hall–Kier alpha value is -0.690. The van der Waals surface area contributed by atoms with Gasteiger partial charge in [-0.15, -0.1) is 0 Å². The van der Waals surface area contributed by atoms with E-state index in [4.69, 9.17) is 14.2 Å². The fourth-order valence-corrected chi connectivity index (χ4v) is 2.98. The highest BCUT2D eigenvalue weighted by Gasteiger charge is 2.36. The maximum atomic E-state index is 12.5. The second-order valence-corrected chi connectivity index (χ2v) is 5.63. The average Bonchev–Trinajstić information content (AvgIpc) is 3.00. The molecule has 2 fully saturated rings. The zero-order valence-electron chi connectivity index (χ0n) is 13.2. The molecule has 6 heteroatoms. The molecule has 2 atom stereocenters. The summed E-state index contributed by atoms with van der Waals surface area (Å²) in [7, 11) is 1.89. The fourth-order valence-electron chi connectivity index (χ4n) is 2.98. The molecule has 2 heterocycles. The van der Waals surface area contributed by atoms with Gasteiger partial charge in [-0.2, -0.15) is 0 Å². The van der Waals surface area contributed by atoms with Gasteiger partial charge in [-0.25, -0.2) is 0 Å². The molecule has 0 bridgehead atoms. The van der Waals surface area contributed by atoms with Crippen molar-refractivity contribution in [2.75, 3.05) is 53.2 Å². The quantitative estimate of drug-likeness (QED) is 0.684. The minimum Gasteiger partial charge on any atom is -0.379 e. The lowest BCUT2D eigenvalue weighted by Crippen LogP contribution is -2.48. The number of rotatable bonds is 7. The van der Waals surface area contributed by atoms with E-state index >= 15 is 0 Å². The van der Waals surface area contributed by atoms with Crippen LogP contribution in [0.15, 0.2) is 0 Å². The van der Waals surface area contributed by atoms with Crippen LogP contribution in [-0.2, 0) is 19.0 Å². The van der Waals surface area contributed by atoms with Crippen LogP contribution >= 0.6 is 0 Å². The smallest absolute Gasteiger partial charge is 0.229 e. The molecule has 1 N–H and O–H groups in total. The van der Waals surface area contributed by atoms with Crippen molar-refractivity contribution in [3.8, 4) is 0 Å². The standard InChI is InChI=1S/C15H28N2O4/c1-3-19-8-9-21-12-4-6-17(7-5-12)15(18)13-10-20-11-14(13)16-2/h12-14,16H,3-11H2,1-2H3. The molecule has 2 rings (SSSR count). The number of carbonyl (C=O) groups is 1. The number of hydrogen-bond acceptors (Lipinski definition) is 5. The van der Waals surface area contributed by atoms with Crippen LogP contribution in [0.25, 0.3) is 0 Å². The third kappa shape index (κ3) is 4.64. The highest BCUT2D eigenvalue weighted by Crippen LogP contribution is 2.20. The number of carbonyl (C=O) groups excluding carboxylic acids is 1. The van der Waals surface area contributed by atoms with Gasteiger partial charge < -0.3 is 24.4 Å². The maximum Gasteiger partial charge on any atom is 0.229 e. The van der Waals surface area contributed by atoms with Gasteiger partial charge in [-0.1, -0.05) is 0 Å². The largest absolute Gasteiger partial charge is 0.379 e. The lowest BCUT2D eigenvalue weighted by molar-refractivity contribution is -0.138. The zero-order valence-corrected chi connectivity index (χ0v) is 13.2. The third-order valence-electron chi connectivity index (χ3n) is 4.31. The van der Waals surface area contributed by atoms with Crippen LogP contribution in [0.5, 0.6) is 0 Å². The van der Waals surface area contributed by atoms with Crippen LogP contribution in [-0.4, -0.2) is 76.1 Å². The number of ether oxygens (including phenoxy) is 3. The lowest BCUT2D eigenvalue weighted by Gasteiger charge is -2.34. The second kappa shape index (κ2) is 8.68. The van der Waals surface area contributed by atoms with Gasteiger partial charge in [0.2, 0.25) is 5.91 Å². The number of piperidine rings is 1. The van der Waals surface area contributed by atoms with Crippen molar-refractivity contribution in [1.29, 1.82) is 0 Å². The first-order chi connectivity index (χ1) is 10.3. The number of likely N-dealkylation sites (N-methyl/N-ethyl adjacent to an activating group) is 1. The molecule has 21 heavy (non-hydrogen) atoms. The average molecular weight is 300 g/mol. The lowest BCUT2D eigenvalue weighted by atomic mass is 9.99. The summed E-state index contributed by atoms with van der Waals surface area (Å²) in [6, 6.07) is 0.151. The molecule has 2 unspecified atom stereocenters. The molecule has 1 amide bonds. The van der Waals surface area contributed by atoms with Crippen molar-refractivity contribution in [3.05, 3.63) is 0 Å². The van der Waals surface area contributed by atoms with Crippen LogP contribution < -0.4 is 5.32 Å². The van der Waals surface area contributed by atoms with Crippen molar-refractivity contribution in [3.63, 3.8) is 0 Å². The number of nitrogens with one attached hydrogen (secondary N) is 1. The molecule has 2 aliphatic heterocycles. The van der Waals surface area contributed by atoms with Crippen LogP contribution in [0.3, 0.4) is 0 Å². The van der Waals surface area contributed by atoms with E-state index in [9.17, 15) is 4.79 Å². The Kier molecular flexibility index (Phi) is 6.89. The predicted octanol–water partition coefficient (Wildman–Crippen LogP) is 0.265. The number of amides is 1. The van der Waals surface area contributed by atoms with Crippen LogP contribution in [0, 0.1) is 5.92 Å². The number of likely N-dealkylation sites (tertiary alicyclic amines) is 1. The van der Waals surface area contributed by atoms with Crippen LogP contribution in [0.2, 0.25) is 0 Å². The van der Waals surface area contributed by atoms with E-state index in [-0.39, 0.29) is 24.0 Å². The molecule has 122 valence electrons. The van der Waals surface area contributed by atoms with E-state index < -0.39 is 0 Å². The van der Waals surface area contributed by atoms with E-state index in [2.05, 4.69) is 5.32 Å². The minimum atomic E-state index is -0.0366. The highest BCUT2D eigenvalue weighted by atomic mass is 16.5. The molecule has 0 aromatic rings. The maximum absolute atomic E-state index is 12.5. The molecule has 0 aromatic heterocycles. The normalized spacial score (nSPS) is 27.2. The number of hydrogen-bond donors (Lipinski definition) is 1. The Morgan fingerprint density at radius 2 is 2.05 bits per heavy atom. The van der Waals surface area contributed by atoms with Crippen LogP contribution in [0.1, 0.15) is 19.8 Å². The Labute approximate surface area is 127 Å². The molecular weight excluding hydrogens is 272 g/mol. The van der Waals surface area contributed by atoms with Crippen molar-refractivity contribution in [2.45, 2.75) is 31.9 Å². The molecule has 0 radical (unpaired) electrons. The minimum absolute atomic E-state index is 0.0366. The first-order valence-electron chi connectivity index (χ1n) is 7.99. The van der Waals surface area contributed by atoms with Crippen molar-refractivity contribution >= 4 is 5.91 Å². The Morgan fingerprint density at radius 3 is 2.71 bits per heavy atom. The van der Waals surface area contributed by atoms with Crippen LogP contribution in [0.4, 0.5) is 0 Å². The van der Waals surface area contributed by atoms with Gasteiger partial charge in [0, 0.05) is 25.7 Å². The van der Waals surface area contributed by atoms with Gasteiger partial charge in [0.25, 0.3) is 0 Å². The van der Waals surface area contributed by atoms with E-state index in [1.807, 2.05) is 18.9 Å². The fraction of sp³-hybridized carbons (Fsp3) is 0.933. The van der Waals surface area contributed by atoms with Crippen molar-refractivity contribution in [1.82, 2.24) is 10.2 Å². The Balaban J connectivity index is 1.69. The molecule has 0 saturated carbocycles. The van der Waals surface area contributed by atoms with Gasteiger partial charge in [-0.05, 0) is 26.8 Å². The predicted molar refractivity (Wildman–Crippen MR) is 79.2 cm³/mol. The summed E-state index contributed by atoms with van der Waals surface area (Å²) >= 11 is 0. The molecular formula is C15H28N2O4.